The standard InChI is InChI=1S/C18H23N3O2S.2ClH/c1-2-23-16-5-3-13(4-6-16)18-21-15(12-24-18)11-17(22)20-14-7-9-19-10-8-14;;/h3-6,12,14,19H,2,7-11H2,1H3,(H,20,22);2*1H. The van der Waals surface area contributed by atoms with E-state index in [1.807, 2.05) is 36.6 Å². The third kappa shape index (κ3) is 6.43. The summed E-state index contributed by atoms with van der Waals surface area (Å²) in [7, 11) is 0. The molecule has 1 aliphatic heterocycles. The summed E-state index contributed by atoms with van der Waals surface area (Å²) in [5.41, 5.74) is 1.88. The second kappa shape index (κ2) is 11.4. The van der Waals surface area contributed by atoms with Crippen molar-refractivity contribution in [1.82, 2.24) is 15.6 Å². The first-order valence-electron chi connectivity index (χ1n) is 8.42. The van der Waals surface area contributed by atoms with Gasteiger partial charge in [0.15, 0.2) is 0 Å². The van der Waals surface area contributed by atoms with Gasteiger partial charge in [0.25, 0.3) is 0 Å². The van der Waals surface area contributed by atoms with E-state index in [0.717, 1.165) is 47.9 Å². The van der Waals surface area contributed by atoms with Crippen molar-refractivity contribution in [3.8, 4) is 16.3 Å². The van der Waals surface area contributed by atoms with Gasteiger partial charge >= 0.3 is 0 Å². The Morgan fingerprint density at radius 1 is 1.27 bits per heavy atom. The molecule has 2 N–H and O–H groups in total. The number of rotatable bonds is 6. The number of hydrogen-bond acceptors (Lipinski definition) is 5. The zero-order valence-electron chi connectivity index (χ0n) is 14.7. The van der Waals surface area contributed by atoms with Gasteiger partial charge < -0.3 is 15.4 Å². The lowest BCUT2D eigenvalue weighted by Gasteiger charge is -2.23. The Hall–Kier alpha value is -1.34. The highest BCUT2D eigenvalue weighted by atomic mass is 35.5. The van der Waals surface area contributed by atoms with Crippen LogP contribution in [0.25, 0.3) is 10.6 Å². The van der Waals surface area contributed by atoms with Crippen LogP contribution in [-0.4, -0.2) is 36.6 Å². The molecule has 2 aromatic rings. The molecule has 2 heterocycles. The summed E-state index contributed by atoms with van der Waals surface area (Å²) in [4.78, 5) is 16.8. The lowest BCUT2D eigenvalue weighted by molar-refractivity contribution is -0.121. The molecule has 1 aromatic heterocycles. The summed E-state index contributed by atoms with van der Waals surface area (Å²) in [5.74, 6) is 0.921. The average molecular weight is 418 g/mol. The lowest BCUT2D eigenvalue weighted by Crippen LogP contribution is -2.43. The van der Waals surface area contributed by atoms with Gasteiger partial charge in [0, 0.05) is 17.0 Å². The minimum atomic E-state index is 0. The minimum absolute atomic E-state index is 0. The van der Waals surface area contributed by atoms with Crippen molar-refractivity contribution >= 4 is 42.1 Å². The van der Waals surface area contributed by atoms with Crippen LogP contribution in [-0.2, 0) is 11.2 Å². The highest BCUT2D eigenvalue weighted by Gasteiger charge is 2.16. The molecule has 5 nitrogen and oxygen atoms in total. The molecule has 0 spiro atoms. The number of ether oxygens (including phenoxy) is 1. The summed E-state index contributed by atoms with van der Waals surface area (Å²) < 4.78 is 5.45. The summed E-state index contributed by atoms with van der Waals surface area (Å²) in [6.07, 6.45) is 2.35. The Balaban J connectivity index is 0.00000169. The second-order valence-corrected chi connectivity index (χ2v) is 6.73. The molecule has 1 amide bonds. The predicted molar refractivity (Wildman–Crippen MR) is 111 cm³/mol. The Morgan fingerprint density at radius 2 is 1.96 bits per heavy atom. The maximum absolute atomic E-state index is 12.2. The lowest BCUT2D eigenvalue weighted by atomic mass is 10.1. The van der Waals surface area contributed by atoms with E-state index in [9.17, 15) is 4.79 Å². The number of nitrogens with zero attached hydrogens (tertiary/aromatic N) is 1. The molecule has 0 saturated carbocycles. The molecule has 0 radical (unpaired) electrons. The summed E-state index contributed by atoms with van der Waals surface area (Å²) >= 11 is 1.57. The first-order chi connectivity index (χ1) is 11.7. The van der Waals surface area contributed by atoms with Crippen molar-refractivity contribution in [3.63, 3.8) is 0 Å². The smallest absolute Gasteiger partial charge is 0.226 e. The van der Waals surface area contributed by atoms with Gasteiger partial charge in [0.2, 0.25) is 5.91 Å². The minimum Gasteiger partial charge on any atom is -0.494 e. The maximum atomic E-state index is 12.2. The highest BCUT2D eigenvalue weighted by Crippen LogP contribution is 2.26. The van der Waals surface area contributed by atoms with Crippen LogP contribution in [0.2, 0.25) is 0 Å². The van der Waals surface area contributed by atoms with Gasteiger partial charge in [-0.3, -0.25) is 4.79 Å². The van der Waals surface area contributed by atoms with Gasteiger partial charge in [-0.15, -0.1) is 36.2 Å². The van der Waals surface area contributed by atoms with Crippen LogP contribution in [0.15, 0.2) is 29.6 Å². The quantitative estimate of drug-likeness (QED) is 0.754. The molecule has 1 aliphatic rings. The van der Waals surface area contributed by atoms with Gasteiger partial charge in [-0.05, 0) is 57.1 Å². The molecule has 1 fully saturated rings. The van der Waals surface area contributed by atoms with Gasteiger partial charge in [-0.25, -0.2) is 4.98 Å². The van der Waals surface area contributed by atoms with Gasteiger partial charge in [-0.1, -0.05) is 0 Å². The Bertz CT molecular complexity index is 673. The Morgan fingerprint density at radius 3 is 2.62 bits per heavy atom. The van der Waals surface area contributed by atoms with Crippen molar-refractivity contribution in [3.05, 3.63) is 35.3 Å². The van der Waals surface area contributed by atoms with Crippen LogP contribution in [0.1, 0.15) is 25.5 Å². The van der Waals surface area contributed by atoms with Gasteiger partial charge in [0.05, 0.1) is 18.7 Å². The predicted octanol–water partition coefficient (Wildman–Crippen LogP) is 3.46. The molecule has 1 aromatic carbocycles. The Labute approximate surface area is 170 Å². The number of carbonyl (C=O) groups is 1. The van der Waals surface area contributed by atoms with E-state index < -0.39 is 0 Å². The van der Waals surface area contributed by atoms with E-state index in [2.05, 4.69) is 15.6 Å². The molecule has 0 aliphatic carbocycles. The SMILES string of the molecule is CCOc1ccc(-c2nc(CC(=O)NC3CCNCC3)cs2)cc1.Cl.Cl. The van der Waals surface area contributed by atoms with E-state index in [4.69, 9.17) is 4.74 Å². The molecule has 1 saturated heterocycles. The molecule has 8 heteroatoms. The molecule has 144 valence electrons. The number of halogens is 2. The van der Waals surface area contributed by atoms with Crippen molar-refractivity contribution in [2.45, 2.75) is 32.2 Å². The van der Waals surface area contributed by atoms with Crippen molar-refractivity contribution in [2.24, 2.45) is 0 Å². The normalized spacial score (nSPS) is 14.0. The zero-order chi connectivity index (χ0) is 16.8. The number of piperidine rings is 1. The van der Waals surface area contributed by atoms with E-state index in [1.54, 1.807) is 11.3 Å². The van der Waals surface area contributed by atoms with Crippen LogP contribution >= 0.6 is 36.2 Å². The monoisotopic (exact) mass is 417 g/mol. The van der Waals surface area contributed by atoms with Crippen LogP contribution < -0.4 is 15.4 Å². The topological polar surface area (TPSA) is 63.2 Å². The maximum Gasteiger partial charge on any atom is 0.226 e. The molecule has 0 bridgehead atoms. The fourth-order valence-corrected chi connectivity index (χ4v) is 3.62. The third-order valence-electron chi connectivity index (χ3n) is 4.01. The number of aromatic nitrogens is 1. The summed E-state index contributed by atoms with van der Waals surface area (Å²) in [6.45, 7) is 4.58. The number of benzene rings is 1. The number of hydrogen-bond donors (Lipinski definition) is 2. The molecule has 0 unspecified atom stereocenters. The first kappa shape index (κ1) is 22.7. The largest absolute Gasteiger partial charge is 0.494 e. The summed E-state index contributed by atoms with van der Waals surface area (Å²) in [6, 6.07) is 8.20. The number of thiazole rings is 1. The highest BCUT2D eigenvalue weighted by molar-refractivity contribution is 7.13. The second-order valence-electron chi connectivity index (χ2n) is 5.87. The summed E-state index contributed by atoms with van der Waals surface area (Å²) in [5, 5.41) is 9.31. The van der Waals surface area contributed by atoms with Gasteiger partial charge in [0.1, 0.15) is 10.8 Å². The van der Waals surface area contributed by atoms with E-state index in [-0.39, 0.29) is 30.7 Å². The zero-order valence-corrected chi connectivity index (χ0v) is 17.1. The third-order valence-corrected chi connectivity index (χ3v) is 4.95. The fraction of sp³-hybridized carbons (Fsp3) is 0.444. The van der Waals surface area contributed by atoms with Crippen molar-refractivity contribution in [2.75, 3.05) is 19.7 Å². The molecule has 3 rings (SSSR count). The van der Waals surface area contributed by atoms with Crippen LogP contribution in [0.5, 0.6) is 5.75 Å². The van der Waals surface area contributed by atoms with Crippen LogP contribution in [0.3, 0.4) is 0 Å². The van der Waals surface area contributed by atoms with Crippen molar-refractivity contribution < 1.29 is 9.53 Å². The number of amides is 1. The Kier molecular flexibility index (Phi) is 9.94. The van der Waals surface area contributed by atoms with E-state index >= 15 is 0 Å². The van der Waals surface area contributed by atoms with E-state index in [0.29, 0.717) is 19.1 Å². The van der Waals surface area contributed by atoms with Gasteiger partial charge in [-0.2, -0.15) is 0 Å². The average Bonchev–Trinajstić information content (AvgIpc) is 3.05. The van der Waals surface area contributed by atoms with Crippen LogP contribution in [0.4, 0.5) is 0 Å². The molecular formula is C18H25Cl2N3O2S. The molecule has 0 atom stereocenters. The van der Waals surface area contributed by atoms with Crippen molar-refractivity contribution in [1.29, 1.82) is 0 Å². The fourth-order valence-electron chi connectivity index (χ4n) is 2.79. The van der Waals surface area contributed by atoms with E-state index in [1.165, 1.54) is 0 Å². The molecule has 26 heavy (non-hydrogen) atoms. The number of carbonyl (C=O) groups excluding carboxylic acids is 1. The number of nitrogens with one attached hydrogen (secondary N) is 2. The first-order valence-corrected chi connectivity index (χ1v) is 9.30. The molecular weight excluding hydrogens is 393 g/mol. The van der Waals surface area contributed by atoms with Crippen LogP contribution in [0, 0.1) is 0 Å².